The molecular formula is C21H23O2P. The molecule has 1 aliphatic rings. The van der Waals surface area contributed by atoms with E-state index in [1.54, 1.807) is 13.8 Å². The van der Waals surface area contributed by atoms with Gasteiger partial charge in [-0.05, 0) is 44.5 Å². The molecule has 1 saturated heterocycles. The van der Waals surface area contributed by atoms with Crippen LogP contribution in [0.15, 0.2) is 48.5 Å². The molecule has 2 aromatic rings. The largest absolute Gasteiger partial charge is 0.295 e. The van der Waals surface area contributed by atoms with Crippen molar-refractivity contribution in [1.82, 2.24) is 0 Å². The molecule has 3 rings (SSSR count). The first-order valence-electron chi connectivity index (χ1n) is 8.41. The minimum Gasteiger partial charge on any atom is -0.295 e. The van der Waals surface area contributed by atoms with Crippen LogP contribution in [0.5, 0.6) is 0 Å². The Morgan fingerprint density at radius 1 is 0.750 bits per heavy atom. The van der Waals surface area contributed by atoms with Crippen LogP contribution in [0.2, 0.25) is 0 Å². The van der Waals surface area contributed by atoms with Gasteiger partial charge in [0.1, 0.15) is 0 Å². The van der Waals surface area contributed by atoms with E-state index in [0.717, 1.165) is 11.1 Å². The highest BCUT2D eigenvalue weighted by molar-refractivity contribution is 7.58. The number of carbonyl (C=O) groups is 2. The van der Waals surface area contributed by atoms with Gasteiger partial charge in [-0.25, -0.2) is 0 Å². The number of benzene rings is 2. The molecular weight excluding hydrogens is 315 g/mol. The highest BCUT2D eigenvalue weighted by Crippen LogP contribution is 2.68. The van der Waals surface area contributed by atoms with Crippen LogP contribution >= 0.6 is 7.92 Å². The van der Waals surface area contributed by atoms with E-state index in [4.69, 9.17) is 0 Å². The summed E-state index contributed by atoms with van der Waals surface area (Å²) >= 11 is 0. The Balaban J connectivity index is 1.78. The molecule has 2 aromatic carbocycles. The zero-order valence-electron chi connectivity index (χ0n) is 14.5. The molecule has 1 fully saturated rings. The van der Waals surface area contributed by atoms with E-state index in [0.29, 0.717) is 11.3 Å². The lowest BCUT2D eigenvalue weighted by molar-refractivity contribution is 0.100. The summed E-state index contributed by atoms with van der Waals surface area (Å²) in [7, 11) is -0.164. The number of hydrogen-bond acceptors (Lipinski definition) is 2. The molecule has 0 spiro atoms. The lowest BCUT2D eigenvalue weighted by Crippen LogP contribution is -1.97. The van der Waals surface area contributed by atoms with Crippen LogP contribution in [-0.2, 0) is 0 Å². The van der Waals surface area contributed by atoms with Crippen molar-refractivity contribution >= 4 is 19.5 Å². The maximum Gasteiger partial charge on any atom is 0.159 e. The van der Waals surface area contributed by atoms with Crippen LogP contribution in [0.4, 0.5) is 0 Å². The van der Waals surface area contributed by atoms with E-state index in [2.05, 4.69) is 30.9 Å². The topological polar surface area (TPSA) is 34.1 Å². The fourth-order valence-electron chi connectivity index (χ4n) is 3.62. The zero-order valence-corrected chi connectivity index (χ0v) is 15.3. The number of ketones is 2. The van der Waals surface area contributed by atoms with Gasteiger partial charge < -0.3 is 0 Å². The SMILES string of the molecule is CC(=O)c1ccc(C2CCC(c3ccc(C(C)=O)cc3)P2C)cc1. The van der Waals surface area contributed by atoms with Crippen LogP contribution in [0.25, 0.3) is 0 Å². The van der Waals surface area contributed by atoms with Gasteiger partial charge in [0.25, 0.3) is 0 Å². The van der Waals surface area contributed by atoms with Crippen LogP contribution in [-0.4, -0.2) is 18.2 Å². The third-order valence-electron chi connectivity index (χ3n) is 5.10. The number of rotatable bonds is 4. The number of hydrogen-bond donors (Lipinski definition) is 0. The van der Waals surface area contributed by atoms with Crippen molar-refractivity contribution in [1.29, 1.82) is 0 Å². The normalized spacial score (nSPS) is 23.2. The van der Waals surface area contributed by atoms with Gasteiger partial charge in [-0.2, -0.15) is 0 Å². The molecule has 2 nitrogen and oxygen atoms in total. The van der Waals surface area contributed by atoms with Gasteiger partial charge in [-0.1, -0.05) is 56.5 Å². The van der Waals surface area contributed by atoms with E-state index in [9.17, 15) is 9.59 Å². The van der Waals surface area contributed by atoms with Crippen LogP contribution in [0, 0.1) is 0 Å². The molecule has 0 radical (unpaired) electrons. The minimum atomic E-state index is -0.164. The Bertz CT molecular complexity index is 681. The Morgan fingerprint density at radius 2 is 1.08 bits per heavy atom. The zero-order chi connectivity index (χ0) is 17.3. The summed E-state index contributed by atoms with van der Waals surface area (Å²) in [6.07, 6.45) is 2.39. The molecule has 0 aromatic heterocycles. The van der Waals surface area contributed by atoms with Crippen molar-refractivity contribution in [3.8, 4) is 0 Å². The third kappa shape index (κ3) is 3.35. The summed E-state index contributed by atoms with van der Waals surface area (Å²) in [5.41, 5.74) is 5.48. The lowest BCUT2D eigenvalue weighted by atomic mass is 10.0. The van der Waals surface area contributed by atoms with Crippen molar-refractivity contribution in [3.05, 3.63) is 70.8 Å². The van der Waals surface area contributed by atoms with Gasteiger partial charge >= 0.3 is 0 Å². The molecule has 0 bridgehead atoms. The maximum absolute atomic E-state index is 11.4. The summed E-state index contributed by atoms with van der Waals surface area (Å²) < 4.78 is 0. The Labute approximate surface area is 145 Å². The predicted molar refractivity (Wildman–Crippen MR) is 100 cm³/mol. The molecule has 2 unspecified atom stereocenters. The van der Waals surface area contributed by atoms with Gasteiger partial charge in [-0.3, -0.25) is 9.59 Å². The molecule has 0 saturated carbocycles. The predicted octanol–water partition coefficient (Wildman–Crippen LogP) is 5.78. The van der Waals surface area contributed by atoms with Gasteiger partial charge in [-0.15, -0.1) is 0 Å². The van der Waals surface area contributed by atoms with Gasteiger partial charge in [0.2, 0.25) is 0 Å². The van der Waals surface area contributed by atoms with Crippen LogP contribution in [0.3, 0.4) is 0 Å². The quantitative estimate of drug-likeness (QED) is 0.523. The van der Waals surface area contributed by atoms with Gasteiger partial charge in [0.15, 0.2) is 11.6 Å². The van der Waals surface area contributed by atoms with Crippen molar-refractivity contribution < 1.29 is 9.59 Å². The van der Waals surface area contributed by atoms with Crippen molar-refractivity contribution in [3.63, 3.8) is 0 Å². The fraction of sp³-hybridized carbons (Fsp3) is 0.333. The number of carbonyl (C=O) groups excluding carboxylic acids is 2. The van der Waals surface area contributed by atoms with E-state index < -0.39 is 0 Å². The maximum atomic E-state index is 11.4. The first-order chi connectivity index (χ1) is 11.5. The standard InChI is InChI=1S/C21H23O2P/c1-14(22)16-4-8-18(9-5-16)20-12-13-21(24(20)3)19-10-6-17(7-11-19)15(2)23/h4-11,20-21H,12-13H2,1-3H3. The fourth-order valence-corrected chi connectivity index (χ4v) is 6.46. The third-order valence-corrected chi connectivity index (χ3v) is 8.18. The van der Waals surface area contributed by atoms with Crippen molar-refractivity contribution in [2.75, 3.05) is 6.66 Å². The highest BCUT2D eigenvalue weighted by atomic mass is 31.1. The minimum absolute atomic E-state index is 0.121. The second kappa shape index (κ2) is 6.99. The monoisotopic (exact) mass is 338 g/mol. The second-order valence-corrected chi connectivity index (χ2v) is 9.21. The molecule has 0 N–H and O–H groups in total. The summed E-state index contributed by atoms with van der Waals surface area (Å²) in [5.74, 6) is 0.241. The van der Waals surface area contributed by atoms with E-state index in [1.807, 2.05) is 24.3 Å². The van der Waals surface area contributed by atoms with E-state index >= 15 is 0 Å². The Kier molecular flexibility index (Phi) is 4.96. The van der Waals surface area contributed by atoms with Crippen LogP contribution in [0.1, 0.15) is 69.8 Å². The highest BCUT2D eigenvalue weighted by Gasteiger charge is 2.34. The molecule has 24 heavy (non-hydrogen) atoms. The van der Waals surface area contributed by atoms with E-state index in [1.165, 1.54) is 24.0 Å². The smallest absolute Gasteiger partial charge is 0.159 e. The number of Topliss-reactive ketones (excluding diaryl/α,β-unsaturated/α-hetero) is 2. The molecule has 2 atom stereocenters. The summed E-state index contributed by atoms with van der Waals surface area (Å²) in [6.45, 7) is 5.60. The van der Waals surface area contributed by atoms with Gasteiger partial charge in [0.05, 0.1) is 0 Å². The first kappa shape index (κ1) is 17.0. The van der Waals surface area contributed by atoms with Crippen LogP contribution < -0.4 is 0 Å². The van der Waals surface area contributed by atoms with Crippen molar-refractivity contribution in [2.45, 2.75) is 38.0 Å². The second-order valence-electron chi connectivity index (χ2n) is 6.63. The summed E-state index contributed by atoms with van der Waals surface area (Å²) in [6, 6.07) is 16.3. The molecule has 0 aliphatic carbocycles. The molecule has 3 heteroatoms. The Hall–Kier alpha value is -1.79. The average Bonchev–Trinajstić information content (AvgIpc) is 2.96. The first-order valence-corrected chi connectivity index (χ1v) is 10.3. The van der Waals surface area contributed by atoms with Gasteiger partial charge in [0, 0.05) is 22.4 Å². The average molecular weight is 338 g/mol. The molecule has 1 heterocycles. The lowest BCUT2D eigenvalue weighted by Gasteiger charge is -2.22. The van der Waals surface area contributed by atoms with E-state index in [-0.39, 0.29) is 19.5 Å². The molecule has 1 aliphatic heterocycles. The Morgan fingerprint density at radius 3 is 1.38 bits per heavy atom. The summed E-state index contributed by atoms with van der Waals surface area (Å²) in [4.78, 5) is 22.9. The molecule has 124 valence electrons. The molecule has 0 amide bonds. The summed E-state index contributed by atoms with van der Waals surface area (Å²) in [5, 5.41) is 0. The van der Waals surface area contributed by atoms with Crippen molar-refractivity contribution in [2.24, 2.45) is 0 Å².